The van der Waals surface area contributed by atoms with Crippen molar-refractivity contribution in [3.05, 3.63) is 78.1 Å². The van der Waals surface area contributed by atoms with Gasteiger partial charge in [-0.15, -0.1) is 0 Å². The van der Waals surface area contributed by atoms with Crippen molar-refractivity contribution in [3.63, 3.8) is 0 Å². The van der Waals surface area contributed by atoms with E-state index in [0.717, 1.165) is 5.56 Å². The number of sulfonamides is 1. The van der Waals surface area contributed by atoms with Crippen LogP contribution < -0.4 is 19.5 Å². The quantitative estimate of drug-likeness (QED) is 0.469. The molecule has 9 heteroatoms. The van der Waals surface area contributed by atoms with Crippen LogP contribution in [0.15, 0.2) is 71.6 Å². The molecule has 0 unspecified atom stereocenters. The van der Waals surface area contributed by atoms with Gasteiger partial charge in [0.15, 0.2) is 17.7 Å². The molecule has 33 heavy (non-hydrogen) atoms. The number of aryl methyl sites for hydroxylation is 1. The maximum atomic E-state index is 13.8. The summed E-state index contributed by atoms with van der Waals surface area (Å²) in [5.41, 5.74) is 1.57. The molecular weight excluding hydrogens is 447 g/mol. The van der Waals surface area contributed by atoms with E-state index in [9.17, 15) is 17.6 Å². The predicted molar refractivity (Wildman–Crippen MR) is 125 cm³/mol. The molecule has 7 nitrogen and oxygen atoms in total. The van der Waals surface area contributed by atoms with Gasteiger partial charge in [0.05, 0.1) is 17.7 Å². The molecule has 0 saturated heterocycles. The maximum absolute atomic E-state index is 13.8. The van der Waals surface area contributed by atoms with Gasteiger partial charge in [-0.2, -0.15) is 0 Å². The zero-order valence-corrected chi connectivity index (χ0v) is 19.3. The Hall–Kier alpha value is -3.59. The van der Waals surface area contributed by atoms with Crippen molar-refractivity contribution < 1.29 is 27.1 Å². The van der Waals surface area contributed by atoms with Crippen LogP contribution in [0, 0.1) is 12.7 Å². The van der Waals surface area contributed by atoms with Crippen LogP contribution in [0.1, 0.15) is 18.9 Å². The molecule has 0 heterocycles. The Morgan fingerprint density at radius 2 is 1.73 bits per heavy atom. The number of carbonyl (C=O) groups excluding carboxylic acids is 1. The SMILES string of the molecule is CC[C@@H](Oc1ccccc1F)C(=O)Nc1ccc(S(=O)(=O)Nc2cc(C)ccc2OC)cc1. The fourth-order valence-corrected chi connectivity index (χ4v) is 4.12. The van der Waals surface area contributed by atoms with Gasteiger partial charge < -0.3 is 14.8 Å². The standard InChI is InChI=1S/C24H25FN2O5S/c1-4-21(32-22-8-6-5-7-19(22)25)24(28)26-17-10-12-18(13-11-17)33(29,30)27-20-15-16(2)9-14-23(20)31-3/h5-15,21,27H,4H2,1-3H3,(H,26,28)/t21-/m1/s1. The number of amides is 1. The third-order valence-electron chi connectivity index (χ3n) is 4.80. The van der Waals surface area contributed by atoms with Gasteiger partial charge in [-0.3, -0.25) is 9.52 Å². The molecule has 1 amide bonds. The Kier molecular flexibility index (Phi) is 7.55. The average Bonchev–Trinajstić information content (AvgIpc) is 2.78. The van der Waals surface area contributed by atoms with E-state index >= 15 is 0 Å². The average molecular weight is 473 g/mol. The molecule has 0 bridgehead atoms. The summed E-state index contributed by atoms with van der Waals surface area (Å²) in [7, 11) is -2.43. The molecule has 0 aromatic heterocycles. The van der Waals surface area contributed by atoms with Crippen LogP contribution in [0.5, 0.6) is 11.5 Å². The van der Waals surface area contributed by atoms with Crippen LogP contribution in [-0.4, -0.2) is 27.5 Å². The molecule has 0 aliphatic heterocycles. The molecule has 3 rings (SSSR count). The highest BCUT2D eigenvalue weighted by Gasteiger charge is 2.21. The van der Waals surface area contributed by atoms with Crippen molar-refractivity contribution in [1.82, 2.24) is 0 Å². The first-order valence-corrected chi connectivity index (χ1v) is 11.7. The number of rotatable bonds is 9. The van der Waals surface area contributed by atoms with Crippen molar-refractivity contribution in [2.45, 2.75) is 31.3 Å². The molecule has 174 valence electrons. The summed E-state index contributed by atoms with van der Waals surface area (Å²) in [6.07, 6.45) is -0.602. The number of hydrogen-bond acceptors (Lipinski definition) is 5. The molecule has 0 fully saturated rings. The lowest BCUT2D eigenvalue weighted by atomic mass is 10.2. The topological polar surface area (TPSA) is 93.7 Å². The first kappa shape index (κ1) is 24.1. The lowest BCUT2D eigenvalue weighted by Crippen LogP contribution is -2.32. The summed E-state index contributed by atoms with van der Waals surface area (Å²) in [4.78, 5) is 12.6. The Morgan fingerprint density at radius 1 is 1.03 bits per heavy atom. The van der Waals surface area contributed by atoms with Gasteiger partial charge in [-0.05, 0) is 67.4 Å². The maximum Gasteiger partial charge on any atom is 0.265 e. The molecule has 0 radical (unpaired) electrons. The van der Waals surface area contributed by atoms with Crippen molar-refractivity contribution in [2.24, 2.45) is 0 Å². The Balaban J connectivity index is 1.71. The smallest absolute Gasteiger partial charge is 0.265 e. The second-order valence-electron chi connectivity index (χ2n) is 7.27. The van der Waals surface area contributed by atoms with Crippen LogP contribution in [0.25, 0.3) is 0 Å². The van der Waals surface area contributed by atoms with Crippen LogP contribution in [-0.2, 0) is 14.8 Å². The Morgan fingerprint density at radius 3 is 2.36 bits per heavy atom. The molecule has 0 aliphatic rings. The number of benzene rings is 3. The van der Waals surface area contributed by atoms with E-state index in [1.165, 1.54) is 49.6 Å². The minimum absolute atomic E-state index is 0.0127. The second kappa shape index (κ2) is 10.4. The third-order valence-corrected chi connectivity index (χ3v) is 6.18. The highest BCUT2D eigenvalue weighted by molar-refractivity contribution is 7.92. The summed E-state index contributed by atoms with van der Waals surface area (Å²) < 4.78 is 52.7. The number of carbonyl (C=O) groups is 1. The van der Waals surface area contributed by atoms with Gasteiger partial charge in [-0.25, -0.2) is 12.8 Å². The van der Waals surface area contributed by atoms with Gasteiger partial charge >= 0.3 is 0 Å². The molecule has 1 atom stereocenters. The summed E-state index contributed by atoms with van der Waals surface area (Å²) in [6, 6.07) is 16.7. The zero-order chi connectivity index (χ0) is 24.0. The molecule has 2 N–H and O–H groups in total. The van der Waals surface area contributed by atoms with E-state index in [2.05, 4.69) is 10.0 Å². The fraction of sp³-hybridized carbons (Fsp3) is 0.208. The van der Waals surface area contributed by atoms with Gasteiger partial charge in [0.25, 0.3) is 15.9 Å². The summed E-state index contributed by atoms with van der Waals surface area (Å²) in [5.74, 6) is -0.651. The van der Waals surface area contributed by atoms with Crippen LogP contribution >= 0.6 is 0 Å². The van der Waals surface area contributed by atoms with Crippen molar-refractivity contribution >= 4 is 27.3 Å². The molecule has 3 aromatic carbocycles. The summed E-state index contributed by atoms with van der Waals surface area (Å²) in [6.45, 7) is 3.58. The number of anilines is 2. The largest absolute Gasteiger partial charge is 0.495 e. The van der Waals surface area contributed by atoms with Gasteiger partial charge in [0.1, 0.15) is 5.75 Å². The van der Waals surface area contributed by atoms with Gasteiger partial charge in [0.2, 0.25) is 0 Å². The summed E-state index contributed by atoms with van der Waals surface area (Å²) in [5, 5.41) is 2.67. The second-order valence-corrected chi connectivity index (χ2v) is 8.95. The normalized spacial score (nSPS) is 12.0. The number of para-hydroxylation sites is 1. The van der Waals surface area contributed by atoms with Gasteiger partial charge in [0, 0.05) is 5.69 Å². The number of ether oxygens (including phenoxy) is 2. The number of methoxy groups -OCH3 is 1. The highest BCUT2D eigenvalue weighted by atomic mass is 32.2. The molecule has 0 saturated carbocycles. The van der Waals surface area contributed by atoms with Crippen molar-refractivity contribution in [1.29, 1.82) is 0 Å². The third kappa shape index (κ3) is 6.01. The first-order valence-electron chi connectivity index (χ1n) is 10.2. The number of halogens is 1. The monoisotopic (exact) mass is 472 g/mol. The predicted octanol–water partition coefficient (Wildman–Crippen LogP) is 4.74. The molecular formula is C24H25FN2O5S. The lowest BCUT2D eigenvalue weighted by Gasteiger charge is -2.18. The fourth-order valence-electron chi connectivity index (χ4n) is 3.06. The number of nitrogens with one attached hydrogen (secondary N) is 2. The van der Waals surface area contributed by atoms with Gasteiger partial charge in [-0.1, -0.05) is 25.1 Å². The molecule has 0 spiro atoms. The minimum atomic E-state index is -3.88. The Labute approximate surface area is 192 Å². The molecule has 3 aromatic rings. The van der Waals surface area contributed by atoms with Crippen LogP contribution in [0.4, 0.5) is 15.8 Å². The zero-order valence-electron chi connectivity index (χ0n) is 18.5. The Bertz CT molecular complexity index is 1230. The van der Waals surface area contributed by atoms with Crippen molar-refractivity contribution in [3.8, 4) is 11.5 Å². The summed E-state index contributed by atoms with van der Waals surface area (Å²) >= 11 is 0. The van der Waals surface area contributed by atoms with Crippen LogP contribution in [0.3, 0.4) is 0 Å². The van der Waals surface area contributed by atoms with Crippen LogP contribution in [0.2, 0.25) is 0 Å². The lowest BCUT2D eigenvalue weighted by molar-refractivity contribution is -0.122. The number of hydrogen-bond donors (Lipinski definition) is 2. The van der Waals surface area contributed by atoms with E-state index in [1.807, 2.05) is 13.0 Å². The van der Waals surface area contributed by atoms with E-state index in [0.29, 0.717) is 23.5 Å². The van der Waals surface area contributed by atoms with E-state index in [1.54, 1.807) is 25.1 Å². The minimum Gasteiger partial charge on any atom is -0.495 e. The van der Waals surface area contributed by atoms with E-state index in [4.69, 9.17) is 9.47 Å². The van der Waals surface area contributed by atoms with E-state index < -0.39 is 27.9 Å². The van der Waals surface area contributed by atoms with Crippen molar-refractivity contribution in [2.75, 3.05) is 17.1 Å². The highest BCUT2D eigenvalue weighted by Crippen LogP contribution is 2.28. The molecule has 0 aliphatic carbocycles. The first-order chi connectivity index (χ1) is 15.7. The van der Waals surface area contributed by atoms with E-state index in [-0.39, 0.29) is 10.6 Å².